The van der Waals surface area contributed by atoms with E-state index in [1.807, 2.05) is 30.9 Å². The molecule has 1 aliphatic carbocycles. The summed E-state index contributed by atoms with van der Waals surface area (Å²) in [5.41, 5.74) is 8.72. The smallest absolute Gasteiger partial charge is 0.319 e. The van der Waals surface area contributed by atoms with Crippen molar-refractivity contribution >= 4 is 33.4 Å². The van der Waals surface area contributed by atoms with Gasteiger partial charge in [0.25, 0.3) is 0 Å². The first-order valence-electron chi connectivity index (χ1n) is 16.9. The lowest BCUT2D eigenvalue weighted by atomic mass is 9.95. The van der Waals surface area contributed by atoms with Crippen LogP contribution in [0.1, 0.15) is 69.0 Å². The zero-order valence-electron chi connectivity index (χ0n) is 27.2. The minimum atomic E-state index is -0.939. The SMILES string of the molecule is CC(c1cc(F)cnc1N)N1c2nc(OC[C@@]34CCCN3CC(F)C4)nc3c(F)c(-c4c(C5CC5)ccc5[nH]ncc45)nc(c23)OC[C@@H]1C. The summed E-state index contributed by atoms with van der Waals surface area (Å²) in [5, 5.41) is 8.26. The van der Waals surface area contributed by atoms with Crippen LogP contribution in [0.3, 0.4) is 0 Å². The third-order valence-corrected chi connectivity index (χ3v) is 10.8. The van der Waals surface area contributed by atoms with E-state index in [0.717, 1.165) is 54.9 Å². The number of halogens is 3. The molecule has 0 bridgehead atoms. The molecule has 3 N–H and O–H groups in total. The molecule has 4 atom stereocenters. The maximum atomic E-state index is 17.3. The number of nitrogens with zero attached hydrogens (tertiary/aromatic N) is 7. The molecular weight excluding hydrogens is 635 g/mol. The van der Waals surface area contributed by atoms with Crippen LogP contribution in [0.5, 0.6) is 11.9 Å². The number of hydrogen-bond acceptors (Lipinski definition) is 10. The highest BCUT2D eigenvalue weighted by Crippen LogP contribution is 2.49. The molecule has 14 heteroatoms. The van der Waals surface area contributed by atoms with Gasteiger partial charge in [0.2, 0.25) is 5.88 Å². The first-order valence-corrected chi connectivity index (χ1v) is 16.9. The Bertz CT molecular complexity index is 2120. The van der Waals surface area contributed by atoms with E-state index < -0.39 is 29.4 Å². The summed E-state index contributed by atoms with van der Waals surface area (Å²) in [5.74, 6) is -0.242. The van der Waals surface area contributed by atoms with Crippen LogP contribution in [-0.2, 0) is 0 Å². The Morgan fingerprint density at radius 1 is 1.18 bits per heavy atom. The minimum Gasteiger partial charge on any atom is -0.475 e. The van der Waals surface area contributed by atoms with E-state index in [9.17, 15) is 8.78 Å². The van der Waals surface area contributed by atoms with Crippen LogP contribution in [0.25, 0.3) is 33.1 Å². The van der Waals surface area contributed by atoms with Crippen LogP contribution >= 0.6 is 0 Å². The molecule has 2 unspecified atom stereocenters. The number of aromatic amines is 1. The topological polar surface area (TPSA) is 131 Å². The molecule has 1 saturated carbocycles. The number of H-pyrrole nitrogens is 1. The Hall–Kier alpha value is -4.72. The number of fused-ring (bicyclic) bond motifs is 2. The van der Waals surface area contributed by atoms with E-state index in [2.05, 4.69) is 20.1 Å². The van der Waals surface area contributed by atoms with Crippen LogP contribution in [0.4, 0.5) is 24.8 Å². The number of nitrogen functional groups attached to an aromatic ring is 1. The fraction of sp³-hybridized carbons (Fsp3) is 0.457. The fourth-order valence-corrected chi connectivity index (χ4v) is 8.31. The minimum absolute atomic E-state index is 0.0190. The van der Waals surface area contributed by atoms with Crippen LogP contribution in [0.15, 0.2) is 30.6 Å². The second-order valence-electron chi connectivity index (χ2n) is 14.0. The maximum Gasteiger partial charge on any atom is 0.319 e. The number of nitrogens with two attached hydrogens (primary N) is 1. The van der Waals surface area contributed by atoms with Crippen LogP contribution < -0.4 is 20.1 Å². The Labute approximate surface area is 280 Å². The molecule has 0 radical (unpaired) electrons. The van der Waals surface area contributed by atoms with Gasteiger partial charge in [-0.05, 0) is 69.7 Å². The van der Waals surface area contributed by atoms with E-state index in [1.165, 1.54) is 6.07 Å². The van der Waals surface area contributed by atoms with Crippen molar-refractivity contribution in [2.75, 3.05) is 36.9 Å². The zero-order chi connectivity index (χ0) is 33.6. The highest BCUT2D eigenvalue weighted by molar-refractivity contribution is 6.01. The highest BCUT2D eigenvalue weighted by atomic mass is 19.1. The van der Waals surface area contributed by atoms with Crippen LogP contribution in [0.2, 0.25) is 0 Å². The van der Waals surface area contributed by atoms with E-state index in [-0.39, 0.29) is 59.5 Å². The number of anilines is 2. The molecule has 2 saturated heterocycles. The average molecular weight is 672 g/mol. The number of pyridine rings is 2. The first-order chi connectivity index (χ1) is 23.7. The number of rotatable bonds is 7. The van der Waals surface area contributed by atoms with Crippen molar-refractivity contribution in [3.63, 3.8) is 0 Å². The molecule has 9 rings (SSSR count). The number of nitrogens with one attached hydrogen (secondary N) is 1. The van der Waals surface area contributed by atoms with Crippen LogP contribution in [0, 0.1) is 11.6 Å². The van der Waals surface area contributed by atoms with Crippen molar-refractivity contribution in [1.29, 1.82) is 0 Å². The van der Waals surface area contributed by atoms with Gasteiger partial charge in [-0.2, -0.15) is 15.1 Å². The molecule has 5 aromatic rings. The van der Waals surface area contributed by atoms with Crippen molar-refractivity contribution in [2.24, 2.45) is 0 Å². The summed E-state index contributed by atoms with van der Waals surface area (Å²) in [6.45, 7) is 5.28. The third-order valence-electron chi connectivity index (χ3n) is 10.8. The Balaban J connectivity index is 1.25. The molecule has 1 aromatic carbocycles. The second kappa shape index (κ2) is 11.2. The molecule has 3 aliphatic heterocycles. The Morgan fingerprint density at radius 3 is 2.88 bits per heavy atom. The lowest BCUT2D eigenvalue weighted by Crippen LogP contribution is -2.43. The lowest BCUT2D eigenvalue weighted by molar-refractivity contribution is 0.107. The number of aromatic nitrogens is 6. The predicted molar refractivity (Wildman–Crippen MR) is 177 cm³/mol. The Kier molecular flexibility index (Phi) is 6.91. The molecule has 3 fully saturated rings. The van der Waals surface area contributed by atoms with Crippen molar-refractivity contribution in [2.45, 2.75) is 75.7 Å². The third kappa shape index (κ3) is 4.85. The molecule has 4 aliphatic rings. The summed E-state index contributed by atoms with van der Waals surface area (Å²) in [6.07, 6.45) is 5.91. The predicted octanol–water partition coefficient (Wildman–Crippen LogP) is 6.00. The van der Waals surface area contributed by atoms with Gasteiger partial charge in [-0.1, -0.05) is 6.07 Å². The molecule has 7 heterocycles. The Morgan fingerprint density at radius 2 is 2.04 bits per heavy atom. The van der Waals surface area contributed by atoms with Crippen molar-refractivity contribution < 1.29 is 22.6 Å². The monoisotopic (exact) mass is 671 g/mol. The number of alkyl halides is 1. The lowest BCUT2D eigenvalue weighted by Gasteiger charge is -2.35. The fourth-order valence-electron chi connectivity index (χ4n) is 8.31. The van der Waals surface area contributed by atoms with Gasteiger partial charge in [-0.15, -0.1) is 0 Å². The first kappa shape index (κ1) is 30.3. The highest BCUT2D eigenvalue weighted by Gasteiger charge is 2.49. The number of hydrogen-bond donors (Lipinski definition) is 2. The second-order valence-corrected chi connectivity index (χ2v) is 14.0. The molecular formula is C35H36F3N9O2. The quantitative estimate of drug-likeness (QED) is 0.212. The van der Waals surface area contributed by atoms with Gasteiger partial charge in [0, 0.05) is 29.5 Å². The van der Waals surface area contributed by atoms with Gasteiger partial charge in [-0.25, -0.2) is 23.1 Å². The number of ether oxygens (including phenoxy) is 2. The van der Waals surface area contributed by atoms with Gasteiger partial charge < -0.3 is 20.1 Å². The largest absolute Gasteiger partial charge is 0.475 e. The summed E-state index contributed by atoms with van der Waals surface area (Å²) in [4.78, 5) is 22.5. The summed E-state index contributed by atoms with van der Waals surface area (Å²) >= 11 is 0. The molecule has 254 valence electrons. The van der Waals surface area contributed by atoms with Gasteiger partial charge in [0.05, 0.1) is 35.5 Å². The van der Waals surface area contributed by atoms with Crippen molar-refractivity contribution in [3.05, 3.63) is 53.4 Å². The summed E-state index contributed by atoms with van der Waals surface area (Å²) in [7, 11) is 0. The van der Waals surface area contributed by atoms with Gasteiger partial charge in [-0.3, -0.25) is 10.00 Å². The summed E-state index contributed by atoms with van der Waals surface area (Å²) in [6, 6.07) is 4.35. The van der Waals surface area contributed by atoms with Gasteiger partial charge in [0.15, 0.2) is 5.82 Å². The molecule has 0 spiro atoms. The molecule has 4 aromatic heterocycles. The van der Waals surface area contributed by atoms with E-state index in [0.29, 0.717) is 29.9 Å². The van der Waals surface area contributed by atoms with E-state index in [4.69, 9.17) is 30.2 Å². The van der Waals surface area contributed by atoms with Gasteiger partial charge >= 0.3 is 6.01 Å². The van der Waals surface area contributed by atoms with Crippen molar-refractivity contribution in [1.82, 2.24) is 35.0 Å². The van der Waals surface area contributed by atoms with E-state index in [1.54, 1.807) is 6.20 Å². The molecule has 11 nitrogen and oxygen atoms in total. The number of benzene rings is 1. The van der Waals surface area contributed by atoms with Gasteiger partial charge in [0.1, 0.15) is 53.4 Å². The zero-order valence-corrected chi connectivity index (χ0v) is 27.2. The average Bonchev–Trinajstić information content (AvgIpc) is 3.60. The van der Waals surface area contributed by atoms with E-state index >= 15 is 4.39 Å². The molecule has 0 amide bonds. The standard InChI is InChI=1S/C35H36F3N9O2/c1-17-15-48-33-27-30(28(38)29(42-33)26-22(19-4-5-19)6-7-25-24(26)13-41-45-25)43-34(49-16-35-8-3-9-46(35)14-21(37)11-35)44-32(27)47(17)18(2)23-10-20(36)12-40-31(23)39/h6-7,10,12-13,17-19,21H,3-5,8-9,11,14-16H2,1-2H3,(H2,39,40)(H,41,45)/t17-,18?,21?,35-/m0/s1. The molecule has 49 heavy (non-hydrogen) atoms. The maximum absolute atomic E-state index is 17.3. The van der Waals surface area contributed by atoms with Crippen LogP contribution in [-0.4, -0.2) is 79.1 Å². The normalized spacial score (nSPS) is 24.3. The van der Waals surface area contributed by atoms with Crippen molar-refractivity contribution in [3.8, 4) is 23.1 Å². The summed E-state index contributed by atoms with van der Waals surface area (Å²) < 4.78 is 59.1.